The van der Waals surface area contributed by atoms with Gasteiger partial charge in [-0.25, -0.2) is 4.39 Å². The maximum Gasteiger partial charge on any atom is 0.123 e. The minimum absolute atomic E-state index is 0.137. The first-order chi connectivity index (χ1) is 10.2. The van der Waals surface area contributed by atoms with Crippen molar-refractivity contribution < 1.29 is 9.13 Å². The first-order valence-electron chi connectivity index (χ1n) is 8.30. The van der Waals surface area contributed by atoms with Crippen LogP contribution in [0.25, 0.3) is 0 Å². The third-order valence-corrected chi connectivity index (χ3v) is 4.27. The fourth-order valence-corrected chi connectivity index (χ4v) is 3.18. The summed E-state index contributed by atoms with van der Waals surface area (Å²) < 4.78 is 18.9. The van der Waals surface area contributed by atoms with Gasteiger partial charge in [-0.15, -0.1) is 0 Å². The van der Waals surface area contributed by atoms with E-state index in [4.69, 9.17) is 4.74 Å². The topological polar surface area (TPSA) is 21.3 Å². The van der Waals surface area contributed by atoms with Gasteiger partial charge in [-0.05, 0) is 69.2 Å². The van der Waals surface area contributed by atoms with Gasteiger partial charge in [-0.1, -0.05) is 19.1 Å². The molecule has 1 saturated carbocycles. The Bertz CT molecular complexity index is 417. The number of rotatable bonds is 9. The molecule has 118 valence electrons. The molecule has 1 N–H and O–H groups in total. The van der Waals surface area contributed by atoms with E-state index in [0.29, 0.717) is 12.1 Å². The molecule has 1 aliphatic carbocycles. The molecule has 0 heterocycles. The zero-order chi connectivity index (χ0) is 15.1. The molecular formula is C18H28FNO. The molecule has 3 heteroatoms. The van der Waals surface area contributed by atoms with E-state index in [-0.39, 0.29) is 5.82 Å². The summed E-state index contributed by atoms with van der Waals surface area (Å²) in [4.78, 5) is 0. The maximum atomic E-state index is 13.3. The van der Waals surface area contributed by atoms with Gasteiger partial charge in [0.05, 0.1) is 6.10 Å². The zero-order valence-corrected chi connectivity index (χ0v) is 13.3. The van der Waals surface area contributed by atoms with E-state index >= 15 is 0 Å². The highest BCUT2D eigenvalue weighted by Gasteiger charge is 2.31. The summed E-state index contributed by atoms with van der Waals surface area (Å²) in [5.74, 6) is 0.617. The fourth-order valence-electron chi connectivity index (χ4n) is 3.18. The van der Waals surface area contributed by atoms with Crippen LogP contribution in [0.5, 0.6) is 0 Å². The molecule has 1 unspecified atom stereocenters. The standard InChI is InChI=1S/C18H28FNO/c1-3-8-20-17(10-14-6-5-7-16(19)9-14)11-15-12-18(13-15)21-4-2/h5-7,9,15,17-18,20H,3-4,8,10-13H2,1-2H3. The van der Waals surface area contributed by atoms with Crippen LogP contribution < -0.4 is 5.32 Å². The Morgan fingerprint density at radius 2 is 2.14 bits per heavy atom. The van der Waals surface area contributed by atoms with E-state index in [9.17, 15) is 4.39 Å². The molecule has 0 amide bonds. The Morgan fingerprint density at radius 3 is 2.81 bits per heavy atom. The molecule has 21 heavy (non-hydrogen) atoms. The summed E-state index contributed by atoms with van der Waals surface area (Å²) in [7, 11) is 0. The van der Waals surface area contributed by atoms with E-state index in [1.807, 2.05) is 6.07 Å². The Labute approximate surface area is 128 Å². The summed E-state index contributed by atoms with van der Waals surface area (Å²) in [6.07, 6.45) is 6.04. The van der Waals surface area contributed by atoms with Gasteiger partial charge in [-0.3, -0.25) is 0 Å². The normalized spacial score (nSPS) is 22.8. The van der Waals surface area contributed by atoms with Gasteiger partial charge in [-0.2, -0.15) is 0 Å². The average Bonchev–Trinajstić information content (AvgIpc) is 2.42. The first kappa shape index (κ1) is 16.4. The van der Waals surface area contributed by atoms with Crippen LogP contribution in [0.15, 0.2) is 24.3 Å². The SMILES string of the molecule is CCCNC(Cc1cccc(F)c1)CC1CC(OCC)C1. The highest BCUT2D eigenvalue weighted by atomic mass is 19.1. The van der Waals surface area contributed by atoms with Crippen LogP contribution in [-0.2, 0) is 11.2 Å². The second kappa shape index (κ2) is 8.50. The van der Waals surface area contributed by atoms with Gasteiger partial charge < -0.3 is 10.1 Å². The van der Waals surface area contributed by atoms with Crippen LogP contribution in [0.3, 0.4) is 0 Å². The Morgan fingerprint density at radius 1 is 1.33 bits per heavy atom. The summed E-state index contributed by atoms with van der Waals surface area (Å²) in [5, 5.41) is 3.62. The fraction of sp³-hybridized carbons (Fsp3) is 0.667. The third-order valence-electron chi connectivity index (χ3n) is 4.27. The van der Waals surface area contributed by atoms with Crippen LogP contribution in [0.2, 0.25) is 0 Å². The molecule has 0 aliphatic heterocycles. The quantitative estimate of drug-likeness (QED) is 0.744. The van der Waals surface area contributed by atoms with Crippen LogP contribution in [0.4, 0.5) is 4.39 Å². The van der Waals surface area contributed by atoms with E-state index in [0.717, 1.165) is 37.5 Å². The molecule has 0 radical (unpaired) electrons. The minimum atomic E-state index is -0.137. The highest BCUT2D eigenvalue weighted by Crippen LogP contribution is 2.34. The molecule has 0 spiro atoms. The molecule has 0 aromatic heterocycles. The Balaban J connectivity index is 1.83. The van der Waals surface area contributed by atoms with Crippen molar-refractivity contribution in [2.45, 2.75) is 58.1 Å². The van der Waals surface area contributed by atoms with Crippen molar-refractivity contribution in [2.75, 3.05) is 13.2 Å². The van der Waals surface area contributed by atoms with Crippen LogP contribution in [0, 0.1) is 11.7 Å². The summed E-state index contributed by atoms with van der Waals surface area (Å²) in [6.45, 7) is 6.09. The summed E-state index contributed by atoms with van der Waals surface area (Å²) in [6, 6.07) is 7.43. The van der Waals surface area contributed by atoms with Crippen molar-refractivity contribution in [1.82, 2.24) is 5.32 Å². The van der Waals surface area contributed by atoms with Crippen LogP contribution >= 0.6 is 0 Å². The van der Waals surface area contributed by atoms with Crippen LogP contribution in [-0.4, -0.2) is 25.3 Å². The smallest absolute Gasteiger partial charge is 0.123 e. The molecular weight excluding hydrogens is 265 g/mol. The van der Waals surface area contributed by atoms with Gasteiger partial charge in [0.1, 0.15) is 5.82 Å². The van der Waals surface area contributed by atoms with Gasteiger partial charge >= 0.3 is 0 Å². The van der Waals surface area contributed by atoms with Crippen molar-refractivity contribution >= 4 is 0 Å². The number of hydrogen-bond donors (Lipinski definition) is 1. The summed E-state index contributed by atoms with van der Waals surface area (Å²) in [5.41, 5.74) is 1.09. The lowest BCUT2D eigenvalue weighted by Gasteiger charge is -2.37. The summed E-state index contributed by atoms with van der Waals surface area (Å²) >= 11 is 0. The molecule has 2 nitrogen and oxygen atoms in total. The average molecular weight is 293 g/mol. The van der Waals surface area contributed by atoms with Crippen LogP contribution in [0.1, 0.15) is 45.1 Å². The molecule has 1 fully saturated rings. The van der Waals surface area contributed by atoms with Crippen molar-refractivity contribution in [1.29, 1.82) is 0 Å². The Hall–Kier alpha value is -0.930. The molecule has 2 rings (SSSR count). The van der Waals surface area contributed by atoms with Crippen molar-refractivity contribution in [2.24, 2.45) is 5.92 Å². The molecule has 0 saturated heterocycles. The number of hydrogen-bond acceptors (Lipinski definition) is 2. The predicted molar refractivity (Wildman–Crippen MR) is 84.9 cm³/mol. The molecule has 0 bridgehead atoms. The number of ether oxygens (including phenoxy) is 1. The van der Waals surface area contributed by atoms with Gasteiger partial charge in [0, 0.05) is 12.6 Å². The van der Waals surface area contributed by atoms with Gasteiger partial charge in [0.15, 0.2) is 0 Å². The second-order valence-corrected chi connectivity index (χ2v) is 6.14. The number of benzene rings is 1. The lowest BCUT2D eigenvalue weighted by atomic mass is 9.77. The van der Waals surface area contributed by atoms with E-state index in [2.05, 4.69) is 19.2 Å². The monoisotopic (exact) mass is 293 g/mol. The largest absolute Gasteiger partial charge is 0.378 e. The van der Waals surface area contributed by atoms with Crippen molar-refractivity contribution in [3.63, 3.8) is 0 Å². The zero-order valence-electron chi connectivity index (χ0n) is 13.3. The van der Waals surface area contributed by atoms with E-state index in [1.54, 1.807) is 12.1 Å². The van der Waals surface area contributed by atoms with Gasteiger partial charge in [0.2, 0.25) is 0 Å². The molecule has 1 aromatic carbocycles. The third kappa shape index (κ3) is 5.40. The molecule has 1 aliphatic rings. The maximum absolute atomic E-state index is 13.3. The minimum Gasteiger partial charge on any atom is -0.378 e. The number of halogens is 1. The van der Waals surface area contributed by atoms with E-state index < -0.39 is 0 Å². The molecule has 1 aromatic rings. The van der Waals surface area contributed by atoms with E-state index in [1.165, 1.54) is 25.3 Å². The lowest BCUT2D eigenvalue weighted by Crippen LogP contribution is -2.39. The van der Waals surface area contributed by atoms with Crippen molar-refractivity contribution in [3.05, 3.63) is 35.6 Å². The van der Waals surface area contributed by atoms with Gasteiger partial charge in [0.25, 0.3) is 0 Å². The highest BCUT2D eigenvalue weighted by molar-refractivity contribution is 5.17. The second-order valence-electron chi connectivity index (χ2n) is 6.14. The number of nitrogens with one attached hydrogen (secondary N) is 1. The molecule has 1 atom stereocenters. The van der Waals surface area contributed by atoms with Crippen molar-refractivity contribution in [3.8, 4) is 0 Å². The Kier molecular flexibility index (Phi) is 6.65. The first-order valence-corrected chi connectivity index (χ1v) is 8.30. The predicted octanol–water partition coefficient (Wildman–Crippen LogP) is 3.94. The lowest BCUT2D eigenvalue weighted by molar-refractivity contribution is -0.0290.